The van der Waals surface area contributed by atoms with Gasteiger partial charge < -0.3 is 23.7 Å². The second-order valence-electron chi connectivity index (χ2n) is 8.95. The summed E-state index contributed by atoms with van der Waals surface area (Å²) in [6.45, 7) is 6.32. The molecule has 13 nitrogen and oxygen atoms in total. The second kappa shape index (κ2) is 13.4. The molecule has 0 spiro atoms. The Morgan fingerprint density at radius 1 is 1.14 bits per heavy atom. The van der Waals surface area contributed by atoms with Crippen molar-refractivity contribution in [2.45, 2.75) is 69.6 Å². The topological polar surface area (TPSA) is 149 Å². The molecule has 2 aromatic rings. The number of nitrogens with one attached hydrogen (secondary N) is 1. The molecular weight excluding hydrogens is 504 g/mol. The number of rotatable bonds is 15. The van der Waals surface area contributed by atoms with Crippen LogP contribution in [-0.2, 0) is 29.0 Å². The fourth-order valence-electron chi connectivity index (χ4n) is 4.15. The Labute approximate surface area is 218 Å². The van der Waals surface area contributed by atoms with Gasteiger partial charge in [0.15, 0.2) is 17.4 Å². The molecular formula is C23H38N6O7S. The van der Waals surface area contributed by atoms with Gasteiger partial charge in [-0.05, 0) is 33.1 Å². The maximum atomic E-state index is 13.6. The van der Waals surface area contributed by atoms with Gasteiger partial charge in [0.2, 0.25) is 16.0 Å². The Balaban J connectivity index is 1.95. The van der Waals surface area contributed by atoms with Gasteiger partial charge in [0, 0.05) is 20.8 Å². The van der Waals surface area contributed by atoms with Gasteiger partial charge in [-0.25, -0.2) is 18.4 Å². The summed E-state index contributed by atoms with van der Waals surface area (Å²) in [6, 6.07) is -0.385. The van der Waals surface area contributed by atoms with E-state index in [2.05, 4.69) is 24.9 Å². The zero-order valence-electron chi connectivity index (χ0n) is 22.3. The zero-order chi connectivity index (χ0) is 27.0. The normalized spacial score (nSPS) is 19.8. The van der Waals surface area contributed by atoms with Crippen LogP contribution in [-0.4, -0.2) is 85.7 Å². The van der Waals surface area contributed by atoms with Gasteiger partial charge in [0.1, 0.15) is 17.5 Å². The Bertz CT molecular complexity index is 1080. The highest BCUT2D eigenvalue weighted by atomic mass is 32.2. The summed E-state index contributed by atoms with van der Waals surface area (Å²) in [5.74, 6) is 1.26. The third-order valence-corrected chi connectivity index (χ3v) is 7.81. The van der Waals surface area contributed by atoms with Gasteiger partial charge in [-0.1, -0.05) is 6.92 Å². The van der Waals surface area contributed by atoms with Crippen molar-refractivity contribution in [3.63, 3.8) is 0 Å². The predicted octanol–water partition coefficient (Wildman–Crippen LogP) is 2.45. The van der Waals surface area contributed by atoms with E-state index in [4.69, 9.17) is 23.7 Å². The summed E-state index contributed by atoms with van der Waals surface area (Å²) in [4.78, 5) is 8.53. The van der Waals surface area contributed by atoms with Crippen molar-refractivity contribution in [2.24, 2.45) is 0 Å². The van der Waals surface area contributed by atoms with Crippen LogP contribution in [0.2, 0.25) is 0 Å². The first-order chi connectivity index (χ1) is 17.7. The quantitative estimate of drug-likeness (QED) is 0.354. The van der Waals surface area contributed by atoms with E-state index in [1.165, 1.54) is 19.5 Å². The first-order valence-corrected chi connectivity index (χ1v) is 13.9. The number of hydrogen-bond acceptors (Lipinski definition) is 11. The molecule has 0 bridgehead atoms. The van der Waals surface area contributed by atoms with E-state index < -0.39 is 21.4 Å². The SMILES string of the molecule is CCCO[C@@H](c1ncc(OC)cn1)[C@H](C)S(=O)(=O)Nc1nnc([C@@H]2CC[C@H](C)O2)n1C(COC)COC. The summed E-state index contributed by atoms with van der Waals surface area (Å²) in [5, 5.41) is 7.45. The molecule has 3 heterocycles. The van der Waals surface area contributed by atoms with E-state index >= 15 is 0 Å². The van der Waals surface area contributed by atoms with Crippen LogP contribution in [0.4, 0.5) is 5.95 Å². The molecule has 1 fully saturated rings. The van der Waals surface area contributed by atoms with E-state index in [0.29, 0.717) is 24.6 Å². The van der Waals surface area contributed by atoms with Crippen LogP contribution < -0.4 is 9.46 Å². The van der Waals surface area contributed by atoms with Crippen molar-refractivity contribution >= 4 is 16.0 Å². The van der Waals surface area contributed by atoms with Gasteiger partial charge in [-0.3, -0.25) is 9.29 Å². The molecule has 1 saturated heterocycles. The Hall–Kier alpha value is -2.39. The van der Waals surface area contributed by atoms with Crippen LogP contribution in [0.5, 0.6) is 5.75 Å². The van der Waals surface area contributed by atoms with Crippen molar-refractivity contribution in [2.75, 3.05) is 45.9 Å². The lowest BCUT2D eigenvalue weighted by molar-refractivity contribution is 0.0405. The van der Waals surface area contributed by atoms with E-state index in [1.54, 1.807) is 25.7 Å². The Morgan fingerprint density at radius 3 is 2.35 bits per heavy atom. The Morgan fingerprint density at radius 2 is 1.81 bits per heavy atom. The fraction of sp³-hybridized carbons (Fsp3) is 0.739. The highest BCUT2D eigenvalue weighted by molar-refractivity contribution is 7.93. The molecule has 1 aliphatic rings. The number of hydrogen-bond donors (Lipinski definition) is 1. The van der Waals surface area contributed by atoms with Gasteiger partial charge in [-0.15, -0.1) is 10.2 Å². The minimum absolute atomic E-state index is 0.0500. The molecule has 0 saturated carbocycles. The van der Waals surface area contributed by atoms with Crippen LogP contribution in [0.15, 0.2) is 12.4 Å². The van der Waals surface area contributed by atoms with Gasteiger partial charge >= 0.3 is 0 Å². The third kappa shape index (κ3) is 7.13. The number of methoxy groups -OCH3 is 3. The van der Waals surface area contributed by atoms with E-state index in [9.17, 15) is 8.42 Å². The molecule has 208 valence electrons. The lowest BCUT2D eigenvalue weighted by atomic mass is 10.2. The second-order valence-corrected chi connectivity index (χ2v) is 11.0. The summed E-state index contributed by atoms with van der Waals surface area (Å²) >= 11 is 0. The minimum Gasteiger partial charge on any atom is -0.494 e. The molecule has 1 aliphatic heterocycles. The molecule has 0 aliphatic carbocycles. The number of sulfonamides is 1. The maximum Gasteiger partial charge on any atom is 0.240 e. The lowest BCUT2D eigenvalue weighted by Crippen LogP contribution is -2.35. The van der Waals surface area contributed by atoms with Crippen LogP contribution in [0.25, 0.3) is 0 Å². The molecule has 0 amide bonds. The maximum absolute atomic E-state index is 13.6. The molecule has 14 heteroatoms. The number of anilines is 1. The number of ether oxygens (including phenoxy) is 5. The monoisotopic (exact) mass is 542 g/mol. The van der Waals surface area contributed by atoms with Crippen LogP contribution in [0.1, 0.15) is 69.9 Å². The number of nitrogens with zero attached hydrogens (tertiary/aromatic N) is 5. The van der Waals surface area contributed by atoms with Crippen molar-refractivity contribution in [3.8, 4) is 5.75 Å². The smallest absolute Gasteiger partial charge is 0.240 e. The van der Waals surface area contributed by atoms with Crippen molar-refractivity contribution in [3.05, 3.63) is 24.0 Å². The average Bonchev–Trinajstić information content (AvgIpc) is 3.49. The highest BCUT2D eigenvalue weighted by Crippen LogP contribution is 2.35. The van der Waals surface area contributed by atoms with Gasteiger partial charge in [-0.2, -0.15) is 0 Å². The molecule has 4 atom stereocenters. The van der Waals surface area contributed by atoms with Crippen molar-refractivity contribution in [1.82, 2.24) is 24.7 Å². The summed E-state index contributed by atoms with van der Waals surface area (Å²) in [7, 11) is 0.590. The molecule has 0 aromatic carbocycles. The molecule has 3 rings (SSSR count). The van der Waals surface area contributed by atoms with E-state index in [-0.39, 0.29) is 43.2 Å². The summed E-state index contributed by atoms with van der Waals surface area (Å²) < 4.78 is 59.4. The Kier molecular flexibility index (Phi) is 10.6. The van der Waals surface area contributed by atoms with Crippen LogP contribution in [0.3, 0.4) is 0 Å². The molecule has 2 aromatic heterocycles. The van der Waals surface area contributed by atoms with E-state index in [1.807, 2.05) is 13.8 Å². The summed E-state index contributed by atoms with van der Waals surface area (Å²) in [5.41, 5.74) is 0. The minimum atomic E-state index is -4.05. The van der Waals surface area contributed by atoms with Crippen molar-refractivity contribution < 1.29 is 32.1 Å². The van der Waals surface area contributed by atoms with Gasteiger partial charge in [0.25, 0.3) is 0 Å². The largest absolute Gasteiger partial charge is 0.494 e. The molecule has 1 N–H and O–H groups in total. The fourth-order valence-corrected chi connectivity index (χ4v) is 5.26. The lowest BCUT2D eigenvalue weighted by Gasteiger charge is -2.25. The van der Waals surface area contributed by atoms with E-state index in [0.717, 1.165) is 12.8 Å². The highest BCUT2D eigenvalue weighted by Gasteiger charge is 2.37. The molecule has 0 radical (unpaired) electrons. The first-order valence-electron chi connectivity index (χ1n) is 12.3. The van der Waals surface area contributed by atoms with Crippen LogP contribution in [0, 0.1) is 0 Å². The average molecular weight is 543 g/mol. The van der Waals surface area contributed by atoms with Crippen molar-refractivity contribution in [1.29, 1.82) is 0 Å². The zero-order valence-corrected chi connectivity index (χ0v) is 23.1. The van der Waals surface area contributed by atoms with Crippen LogP contribution >= 0.6 is 0 Å². The molecule has 0 unspecified atom stereocenters. The first kappa shape index (κ1) is 29.2. The standard InChI is InChI=1S/C23H38N6O7S/c1-7-10-35-20(21-24-11-18(34-6)12-25-21)16(3)37(30,31)28-23-27-26-22(19-9-8-15(2)36-19)29(23)17(13-32-4)14-33-5/h11-12,15-17,19-20H,7-10,13-14H2,1-6H3,(H,27,28)/t15-,16-,19-,20+/m0/s1. The predicted molar refractivity (Wildman–Crippen MR) is 135 cm³/mol. The number of aromatic nitrogens is 5. The molecule has 37 heavy (non-hydrogen) atoms. The third-order valence-electron chi connectivity index (χ3n) is 6.11. The summed E-state index contributed by atoms with van der Waals surface area (Å²) in [6.07, 6.45) is 4.09. The van der Waals surface area contributed by atoms with Gasteiger partial charge in [0.05, 0.1) is 44.9 Å².